The Bertz CT molecular complexity index is 841. The second-order valence-electron chi connectivity index (χ2n) is 7.19. The van der Waals surface area contributed by atoms with Crippen LogP contribution in [0.1, 0.15) is 46.2 Å². The average Bonchev–Trinajstić information content (AvgIpc) is 2.76. The molecular weight excluding hydrogens is 344 g/mol. The summed E-state index contributed by atoms with van der Waals surface area (Å²) >= 11 is 0. The molecule has 5 rings (SSSR count). The maximum absolute atomic E-state index is 4.64. The maximum atomic E-state index is 4.64. The van der Waals surface area contributed by atoms with E-state index in [2.05, 4.69) is 80.6 Å². The van der Waals surface area contributed by atoms with Gasteiger partial charge in [0.05, 0.1) is 0 Å². The Hall–Kier alpha value is -3.40. The highest BCUT2D eigenvalue weighted by atomic mass is 14.9. The zero-order chi connectivity index (χ0) is 18.8. The van der Waals surface area contributed by atoms with Gasteiger partial charge in [0.25, 0.3) is 0 Å². The van der Waals surface area contributed by atoms with Gasteiger partial charge in [-0.15, -0.1) is 0 Å². The van der Waals surface area contributed by atoms with E-state index in [1.807, 2.05) is 24.5 Å². The first-order chi connectivity index (χ1) is 13.9. The first-order valence-corrected chi connectivity index (χ1v) is 9.55. The minimum absolute atomic E-state index is 0.271. The Morgan fingerprint density at radius 2 is 0.893 bits per heavy atom. The number of nitrogens with zero attached hydrogens (tertiary/aromatic N) is 4. The first-order valence-electron chi connectivity index (χ1n) is 9.55. The van der Waals surface area contributed by atoms with Gasteiger partial charge in [-0.25, -0.2) is 19.9 Å². The van der Waals surface area contributed by atoms with Crippen molar-refractivity contribution in [3.8, 4) is 0 Å². The average molecular weight is 364 g/mol. The third kappa shape index (κ3) is 2.87. The van der Waals surface area contributed by atoms with Crippen LogP contribution in [0.4, 0.5) is 0 Å². The molecule has 0 saturated heterocycles. The van der Waals surface area contributed by atoms with E-state index in [0.717, 1.165) is 11.4 Å². The Balaban J connectivity index is 1.67. The molecule has 4 aromatic rings. The third-order valence-electron chi connectivity index (χ3n) is 5.81. The van der Waals surface area contributed by atoms with Gasteiger partial charge < -0.3 is 0 Å². The van der Waals surface area contributed by atoms with Gasteiger partial charge in [-0.3, -0.25) is 0 Å². The zero-order valence-electron chi connectivity index (χ0n) is 15.3. The lowest BCUT2D eigenvalue weighted by Crippen LogP contribution is -2.40. The topological polar surface area (TPSA) is 51.6 Å². The summed E-state index contributed by atoms with van der Waals surface area (Å²) in [6, 6.07) is 25.5. The predicted octanol–water partition coefficient (Wildman–Crippen LogP) is 4.72. The Morgan fingerprint density at radius 1 is 0.464 bits per heavy atom. The Labute approximate surface area is 164 Å². The highest BCUT2D eigenvalue weighted by Crippen LogP contribution is 2.65. The van der Waals surface area contributed by atoms with Gasteiger partial charge in [0.2, 0.25) is 0 Å². The quantitative estimate of drug-likeness (QED) is 0.526. The number of hydrogen-bond acceptors (Lipinski definition) is 4. The highest BCUT2D eigenvalue weighted by Gasteiger charge is 2.53. The molecule has 2 aromatic heterocycles. The van der Waals surface area contributed by atoms with Gasteiger partial charge in [-0.2, -0.15) is 0 Å². The third-order valence-corrected chi connectivity index (χ3v) is 5.81. The summed E-state index contributed by atoms with van der Waals surface area (Å²) in [5.74, 6) is 1.15. The maximum Gasteiger partial charge on any atom is 0.115 e. The summed E-state index contributed by atoms with van der Waals surface area (Å²) in [4.78, 5) is 17.5. The summed E-state index contributed by atoms with van der Waals surface area (Å²) in [5.41, 5.74) is 4.81. The van der Waals surface area contributed by atoms with Crippen LogP contribution in [0.5, 0.6) is 0 Å². The van der Waals surface area contributed by atoms with E-state index in [-0.39, 0.29) is 11.8 Å². The second kappa shape index (κ2) is 7.31. The molecule has 2 heterocycles. The molecular formula is C24H20N4. The van der Waals surface area contributed by atoms with Crippen molar-refractivity contribution in [3.63, 3.8) is 0 Å². The van der Waals surface area contributed by atoms with Crippen LogP contribution >= 0.6 is 0 Å². The molecule has 1 aliphatic rings. The van der Waals surface area contributed by atoms with Crippen molar-refractivity contribution >= 4 is 0 Å². The number of hydrogen-bond donors (Lipinski definition) is 0. The molecule has 28 heavy (non-hydrogen) atoms. The summed E-state index contributed by atoms with van der Waals surface area (Å²) in [6.45, 7) is 0. The number of aromatic nitrogens is 4. The fraction of sp³-hybridized carbons (Fsp3) is 0.167. The molecule has 4 nitrogen and oxygen atoms in total. The smallest absolute Gasteiger partial charge is 0.115 e. The van der Waals surface area contributed by atoms with E-state index in [1.165, 1.54) is 11.1 Å². The molecule has 0 unspecified atom stereocenters. The van der Waals surface area contributed by atoms with Gasteiger partial charge in [-0.05, 0) is 23.3 Å². The number of benzene rings is 2. The van der Waals surface area contributed by atoms with Crippen LogP contribution < -0.4 is 0 Å². The van der Waals surface area contributed by atoms with Crippen molar-refractivity contribution in [2.75, 3.05) is 0 Å². The lowest BCUT2D eigenvalue weighted by Gasteiger charge is -2.52. The summed E-state index contributed by atoms with van der Waals surface area (Å²) in [6.07, 6.45) is 6.98. The lowest BCUT2D eigenvalue weighted by molar-refractivity contribution is 0.219. The largest absolute Gasteiger partial charge is 0.245 e. The summed E-state index contributed by atoms with van der Waals surface area (Å²) in [5, 5.41) is 0. The van der Waals surface area contributed by atoms with Crippen LogP contribution in [-0.4, -0.2) is 19.9 Å². The van der Waals surface area contributed by atoms with E-state index in [9.17, 15) is 0 Å². The molecule has 0 aliphatic heterocycles. The summed E-state index contributed by atoms with van der Waals surface area (Å²) < 4.78 is 0. The molecule has 1 fully saturated rings. The van der Waals surface area contributed by atoms with Crippen LogP contribution in [0.25, 0.3) is 0 Å². The van der Waals surface area contributed by atoms with E-state index in [0.29, 0.717) is 11.8 Å². The van der Waals surface area contributed by atoms with Crippen molar-refractivity contribution < 1.29 is 0 Å². The first kappa shape index (κ1) is 16.8. The molecule has 1 aliphatic carbocycles. The van der Waals surface area contributed by atoms with E-state index >= 15 is 0 Å². The van der Waals surface area contributed by atoms with E-state index in [4.69, 9.17) is 0 Å². The van der Waals surface area contributed by atoms with Crippen LogP contribution in [0.2, 0.25) is 0 Å². The van der Waals surface area contributed by atoms with Gasteiger partial charge in [-0.1, -0.05) is 60.7 Å². The molecule has 0 atom stereocenters. The van der Waals surface area contributed by atoms with Crippen molar-refractivity contribution in [2.24, 2.45) is 0 Å². The van der Waals surface area contributed by atoms with Gasteiger partial charge in [0, 0.05) is 47.5 Å². The molecule has 0 N–H and O–H groups in total. The number of rotatable bonds is 4. The fourth-order valence-electron chi connectivity index (χ4n) is 4.66. The standard InChI is InChI=1S/C24H20N4/c1-3-7-17(8-4-1)21-23(19-11-13-25-15-27-19)22(18-9-5-2-6-10-18)24(21)20-12-14-26-16-28-20/h1-16,21-24H. The monoisotopic (exact) mass is 364 g/mol. The van der Waals surface area contributed by atoms with Crippen molar-refractivity contribution in [3.05, 3.63) is 120 Å². The molecule has 0 radical (unpaired) electrons. The Morgan fingerprint density at radius 3 is 1.25 bits per heavy atom. The molecule has 0 spiro atoms. The summed E-state index contributed by atoms with van der Waals surface area (Å²) in [7, 11) is 0. The van der Waals surface area contributed by atoms with Crippen LogP contribution in [0.3, 0.4) is 0 Å². The highest BCUT2D eigenvalue weighted by molar-refractivity contribution is 5.44. The van der Waals surface area contributed by atoms with Crippen LogP contribution in [0, 0.1) is 0 Å². The molecule has 2 aromatic carbocycles. The zero-order valence-corrected chi connectivity index (χ0v) is 15.3. The molecule has 136 valence electrons. The molecule has 1 saturated carbocycles. The van der Waals surface area contributed by atoms with Gasteiger partial charge >= 0.3 is 0 Å². The van der Waals surface area contributed by atoms with Crippen molar-refractivity contribution in [1.82, 2.24) is 19.9 Å². The molecule has 0 bridgehead atoms. The Kier molecular flexibility index (Phi) is 4.37. The van der Waals surface area contributed by atoms with Gasteiger partial charge in [0.1, 0.15) is 12.7 Å². The minimum atomic E-state index is 0.271. The minimum Gasteiger partial charge on any atom is -0.245 e. The fourth-order valence-corrected chi connectivity index (χ4v) is 4.66. The van der Waals surface area contributed by atoms with Gasteiger partial charge in [0.15, 0.2) is 0 Å². The lowest BCUT2D eigenvalue weighted by atomic mass is 9.50. The van der Waals surface area contributed by atoms with Crippen LogP contribution in [0.15, 0.2) is 97.8 Å². The SMILES string of the molecule is c1ccc(C2C(c3ccncn3)C(c3ccccc3)C2c2ccncn2)cc1. The molecule has 4 heteroatoms. The normalized spacial score (nSPS) is 23.7. The van der Waals surface area contributed by atoms with Crippen molar-refractivity contribution in [1.29, 1.82) is 0 Å². The van der Waals surface area contributed by atoms with E-state index in [1.54, 1.807) is 12.7 Å². The van der Waals surface area contributed by atoms with Crippen LogP contribution in [-0.2, 0) is 0 Å². The molecule has 0 amide bonds. The van der Waals surface area contributed by atoms with E-state index < -0.39 is 0 Å². The van der Waals surface area contributed by atoms with Crippen molar-refractivity contribution in [2.45, 2.75) is 23.7 Å². The second-order valence-corrected chi connectivity index (χ2v) is 7.19. The predicted molar refractivity (Wildman–Crippen MR) is 108 cm³/mol.